The first-order valence-electron chi connectivity index (χ1n) is 7.10. The normalized spacial score (nSPS) is 21.1. The van der Waals surface area contributed by atoms with Gasteiger partial charge in [0, 0.05) is 16.5 Å². The van der Waals surface area contributed by atoms with Gasteiger partial charge in [0.1, 0.15) is 0 Å². The maximum Gasteiger partial charge on any atom is 0.0406 e. The van der Waals surface area contributed by atoms with Crippen LogP contribution in [0, 0.1) is 5.92 Å². The second-order valence-electron chi connectivity index (χ2n) is 5.87. The highest BCUT2D eigenvalue weighted by Gasteiger charge is 2.43. The van der Waals surface area contributed by atoms with Gasteiger partial charge in [-0.15, -0.1) is 0 Å². The van der Waals surface area contributed by atoms with Gasteiger partial charge in [-0.1, -0.05) is 50.4 Å². The number of rotatable bonds is 5. The van der Waals surface area contributed by atoms with E-state index in [-0.39, 0.29) is 11.5 Å². The van der Waals surface area contributed by atoms with Crippen LogP contribution in [-0.2, 0) is 5.41 Å². The minimum atomic E-state index is 0.216. The molecule has 0 aliphatic heterocycles. The number of hydrogen-bond donors (Lipinski definition) is 1. The van der Waals surface area contributed by atoms with Crippen LogP contribution in [0.4, 0.5) is 0 Å². The van der Waals surface area contributed by atoms with E-state index in [1.807, 2.05) is 12.1 Å². The van der Waals surface area contributed by atoms with E-state index in [4.69, 9.17) is 17.3 Å². The predicted molar refractivity (Wildman–Crippen MR) is 79.0 cm³/mol. The molecule has 0 amide bonds. The molecule has 1 nitrogen and oxygen atoms in total. The monoisotopic (exact) mass is 265 g/mol. The number of hydrogen-bond acceptors (Lipinski definition) is 1. The molecular weight excluding hydrogens is 242 g/mol. The zero-order valence-corrected chi connectivity index (χ0v) is 12.2. The van der Waals surface area contributed by atoms with Crippen molar-refractivity contribution in [3.8, 4) is 0 Å². The van der Waals surface area contributed by atoms with Crippen LogP contribution in [0.25, 0.3) is 0 Å². The molecule has 1 aliphatic rings. The summed E-state index contributed by atoms with van der Waals surface area (Å²) in [7, 11) is 0. The molecule has 0 heterocycles. The highest BCUT2D eigenvalue weighted by atomic mass is 35.5. The molecule has 1 saturated carbocycles. The molecule has 2 rings (SSSR count). The summed E-state index contributed by atoms with van der Waals surface area (Å²) in [6, 6.07) is 8.60. The smallest absolute Gasteiger partial charge is 0.0406 e. The fourth-order valence-corrected chi connectivity index (χ4v) is 3.16. The molecule has 1 aliphatic carbocycles. The van der Waals surface area contributed by atoms with Crippen LogP contribution in [-0.4, -0.2) is 6.04 Å². The predicted octanol–water partition coefficient (Wildman–Crippen LogP) is 4.53. The largest absolute Gasteiger partial charge is 0.327 e. The van der Waals surface area contributed by atoms with Crippen LogP contribution in [0.5, 0.6) is 0 Å². The van der Waals surface area contributed by atoms with Crippen LogP contribution in [0.2, 0.25) is 5.02 Å². The van der Waals surface area contributed by atoms with Gasteiger partial charge in [-0.25, -0.2) is 0 Å². The maximum atomic E-state index is 6.53. The van der Waals surface area contributed by atoms with Crippen molar-refractivity contribution >= 4 is 11.6 Å². The van der Waals surface area contributed by atoms with E-state index in [1.165, 1.54) is 31.2 Å². The Morgan fingerprint density at radius 1 is 1.28 bits per heavy atom. The second kappa shape index (κ2) is 5.63. The average molecular weight is 266 g/mol. The van der Waals surface area contributed by atoms with Crippen molar-refractivity contribution in [3.05, 3.63) is 34.9 Å². The molecular formula is C16H24ClN. The fourth-order valence-electron chi connectivity index (χ4n) is 3.04. The van der Waals surface area contributed by atoms with E-state index in [2.05, 4.69) is 26.0 Å². The summed E-state index contributed by atoms with van der Waals surface area (Å²) in [5.41, 5.74) is 8.13. The third-order valence-corrected chi connectivity index (χ3v) is 4.98. The van der Waals surface area contributed by atoms with Crippen LogP contribution >= 0.6 is 11.6 Å². The van der Waals surface area contributed by atoms with E-state index in [9.17, 15) is 0 Å². The van der Waals surface area contributed by atoms with Crippen molar-refractivity contribution in [1.82, 2.24) is 0 Å². The Morgan fingerprint density at radius 3 is 2.33 bits per heavy atom. The fraction of sp³-hybridized carbons (Fsp3) is 0.625. The highest BCUT2D eigenvalue weighted by molar-refractivity contribution is 6.30. The van der Waals surface area contributed by atoms with E-state index in [0.717, 1.165) is 11.4 Å². The van der Waals surface area contributed by atoms with Crippen molar-refractivity contribution in [3.63, 3.8) is 0 Å². The van der Waals surface area contributed by atoms with Gasteiger partial charge < -0.3 is 5.73 Å². The Labute approximate surface area is 116 Å². The average Bonchev–Trinajstić information content (AvgIpc) is 2.30. The standard InChI is InChI=1S/C16H24ClN/c1-3-12(2)11-15(18)16(9-4-10-16)13-5-7-14(17)8-6-13/h5-8,12,15H,3-4,9-11,18H2,1-2H3/t12-,15+/m0/s1. The zero-order chi connectivity index (χ0) is 13.2. The molecule has 1 aromatic rings. The van der Waals surface area contributed by atoms with Gasteiger partial charge in [0.15, 0.2) is 0 Å². The summed E-state index contributed by atoms with van der Waals surface area (Å²) in [5, 5.41) is 0.809. The molecule has 2 N–H and O–H groups in total. The first-order valence-corrected chi connectivity index (χ1v) is 7.48. The van der Waals surface area contributed by atoms with Gasteiger partial charge in [0.05, 0.1) is 0 Å². The quantitative estimate of drug-likeness (QED) is 0.832. The van der Waals surface area contributed by atoms with E-state index in [0.29, 0.717) is 5.92 Å². The Balaban J connectivity index is 2.17. The van der Waals surface area contributed by atoms with E-state index < -0.39 is 0 Å². The van der Waals surface area contributed by atoms with Crippen LogP contribution in [0.3, 0.4) is 0 Å². The molecule has 18 heavy (non-hydrogen) atoms. The topological polar surface area (TPSA) is 26.0 Å². The lowest BCUT2D eigenvalue weighted by molar-refractivity contribution is 0.175. The van der Waals surface area contributed by atoms with Crippen molar-refractivity contribution < 1.29 is 0 Å². The van der Waals surface area contributed by atoms with Gasteiger partial charge in [-0.2, -0.15) is 0 Å². The van der Waals surface area contributed by atoms with Gasteiger partial charge in [0.2, 0.25) is 0 Å². The number of nitrogens with two attached hydrogens (primary N) is 1. The lowest BCUT2D eigenvalue weighted by Crippen LogP contribution is -2.51. The molecule has 0 radical (unpaired) electrons. The number of halogens is 1. The van der Waals surface area contributed by atoms with Crippen molar-refractivity contribution in [2.45, 2.75) is 57.4 Å². The SMILES string of the molecule is CC[C@H](C)C[C@@H](N)C1(c2ccc(Cl)cc2)CCC1. The Kier molecular flexibility index (Phi) is 4.34. The van der Waals surface area contributed by atoms with Crippen LogP contribution < -0.4 is 5.73 Å². The third kappa shape index (κ3) is 2.57. The summed E-state index contributed by atoms with van der Waals surface area (Å²) in [5.74, 6) is 0.713. The second-order valence-corrected chi connectivity index (χ2v) is 6.31. The summed E-state index contributed by atoms with van der Waals surface area (Å²) < 4.78 is 0. The lowest BCUT2D eigenvalue weighted by Gasteiger charge is -2.47. The summed E-state index contributed by atoms with van der Waals surface area (Å²) in [4.78, 5) is 0. The molecule has 1 fully saturated rings. The first-order chi connectivity index (χ1) is 8.58. The van der Waals surface area contributed by atoms with Crippen LogP contribution in [0.15, 0.2) is 24.3 Å². The minimum absolute atomic E-state index is 0.216. The third-order valence-electron chi connectivity index (χ3n) is 4.73. The molecule has 0 saturated heterocycles. The Hall–Kier alpha value is -0.530. The summed E-state index contributed by atoms with van der Waals surface area (Å²) in [6.07, 6.45) is 6.10. The molecule has 100 valence electrons. The number of benzene rings is 1. The van der Waals surface area contributed by atoms with Gasteiger partial charge in [-0.3, -0.25) is 0 Å². The molecule has 0 aromatic heterocycles. The van der Waals surface area contributed by atoms with Crippen molar-refractivity contribution in [2.24, 2.45) is 11.7 Å². The lowest BCUT2D eigenvalue weighted by atomic mass is 9.59. The molecule has 2 heteroatoms. The van der Waals surface area contributed by atoms with Crippen LogP contribution in [0.1, 0.15) is 51.5 Å². The van der Waals surface area contributed by atoms with Crippen molar-refractivity contribution in [1.29, 1.82) is 0 Å². The zero-order valence-electron chi connectivity index (χ0n) is 11.5. The van der Waals surface area contributed by atoms with E-state index >= 15 is 0 Å². The molecule has 1 aromatic carbocycles. The Morgan fingerprint density at radius 2 is 1.89 bits per heavy atom. The molecule has 0 unspecified atom stereocenters. The Bertz CT molecular complexity index is 381. The van der Waals surface area contributed by atoms with Gasteiger partial charge >= 0.3 is 0 Å². The van der Waals surface area contributed by atoms with Crippen molar-refractivity contribution in [2.75, 3.05) is 0 Å². The van der Waals surface area contributed by atoms with Gasteiger partial charge in [0.25, 0.3) is 0 Å². The summed E-state index contributed by atoms with van der Waals surface area (Å²) >= 11 is 5.98. The van der Waals surface area contributed by atoms with Gasteiger partial charge in [-0.05, 0) is 42.9 Å². The molecule has 0 spiro atoms. The minimum Gasteiger partial charge on any atom is -0.327 e. The van der Waals surface area contributed by atoms with E-state index in [1.54, 1.807) is 0 Å². The molecule has 2 atom stereocenters. The summed E-state index contributed by atoms with van der Waals surface area (Å²) in [6.45, 7) is 4.54. The maximum absolute atomic E-state index is 6.53. The first kappa shape index (κ1) is 13.9. The molecule has 0 bridgehead atoms. The highest BCUT2D eigenvalue weighted by Crippen LogP contribution is 2.47.